The summed E-state index contributed by atoms with van der Waals surface area (Å²) in [5.74, 6) is -0.107. The Balaban J connectivity index is 0.00000137. The minimum atomic E-state index is -0.107. The predicted octanol–water partition coefficient (Wildman–Crippen LogP) is 6.77. The Morgan fingerprint density at radius 3 is 2.14 bits per heavy atom. The van der Waals surface area contributed by atoms with E-state index in [0.29, 0.717) is 12.0 Å². The molecule has 36 heavy (non-hydrogen) atoms. The van der Waals surface area contributed by atoms with Crippen molar-refractivity contribution < 1.29 is 14.3 Å². The highest BCUT2D eigenvalue weighted by molar-refractivity contribution is 6.17. The molecule has 0 unspecified atom stereocenters. The van der Waals surface area contributed by atoms with E-state index in [1.54, 1.807) is 6.20 Å². The molecule has 3 N–H and O–H groups in total. The van der Waals surface area contributed by atoms with Crippen LogP contribution in [0.25, 0.3) is 5.57 Å². The number of benzene rings is 2. The highest BCUT2D eigenvalue weighted by atomic mass is 16.5. The van der Waals surface area contributed by atoms with E-state index in [1.165, 1.54) is 12.7 Å². The summed E-state index contributed by atoms with van der Waals surface area (Å²) in [4.78, 5) is 21.9. The van der Waals surface area contributed by atoms with Crippen molar-refractivity contribution in [3.05, 3.63) is 77.5 Å². The number of rotatable bonds is 7. The van der Waals surface area contributed by atoms with Gasteiger partial charge in [0.2, 0.25) is 0 Å². The van der Waals surface area contributed by atoms with Crippen LogP contribution in [0.5, 0.6) is 0 Å². The molecule has 0 atom stereocenters. The van der Waals surface area contributed by atoms with Crippen LogP contribution in [-0.4, -0.2) is 33.1 Å². The SMILES string of the molecule is CC.CC.CC/C=C1/C(C(=O)Nc2ccc(C(C)(C)CNC)cc2)=CNc2ccccc21.COC=O. The molecule has 6 heteroatoms. The molecule has 1 aliphatic heterocycles. The number of hydrogen-bond acceptors (Lipinski definition) is 5. The summed E-state index contributed by atoms with van der Waals surface area (Å²) in [6, 6.07) is 16.2. The maximum absolute atomic E-state index is 13.0. The number of fused-ring (bicyclic) bond motifs is 1. The molecular weight excluding hydrogens is 450 g/mol. The second-order valence-corrected chi connectivity index (χ2v) is 8.05. The lowest BCUT2D eigenvalue weighted by Crippen LogP contribution is -2.30. The van der Waals surface area contributed by atoms with Gasteiger partial charge < -0.3 is 20.7 Å². The van der Waals surface area contributed by atoms with E-state index in [9.17, 15) is 4.79 Å². The van der Waals surface area contributed by atoms with Crippen LogP contribution in [0.4, 0.5) is 11.4 Å². The second kappa shape index (κ2) is 18.0. The molecule has 1 amide bonds. The number of allylic oxidation sites excluding steroid dienone is 1. The average Bonchev–Trinajstić information content (AvgIpc) is 2.91. The number of para-hydroxylation sites is 1. The summed E-state index contributed by atoms with van der Waals surface area (Å²) in [6.07, 6.45) is 4.77. The van der Waals surface area contributed by atoms with Gasteiger partial charge in [-0.3, -0.25) is 9.59 Å². The van der Waals surface area contributed by atoms with Crippen molar-refractivity contribution in [3.8, 4) is 0 Å². The van der Waals surface area contributed by atoms with Crippen molar-refractivity contribution >= 4 is 29.3 Å². The third-order valence-electron chi connectivity index (χ3n) is 5.17. The Hall–Kier alpha value is -3.38. The van der Waals surface area contributed by atoms with Gasteiger partial charge in [0.15, 0.2) is 0 Å². The Labute approximate surface area is 218 Å². The van der Waals surface area contributed by atoms with E-state index in [1.807, 2.05) is 71.1 Å². The van der Waals surface area contributed by atoms with E-state index in [2.05, 4.69) is 59.7 Å². The smallest absolute Gasteiger partial charge is 0.292 e. The van der Waals surface area contributed by atoms with Crippen molar-refractivity contribution in [2.24, 2.45) is 0 Å². The van der Waals surface area contributed by atoms with Crippen LogP contribution in [0.3, 0.4) is 0 Å². The lowest BCUT2D eigenvalue weighted by atomic mass is 9.84. The van der Waals surface area contributed by atoms with Crippen LogP contribution in [0.2, 0.25) is 0 Å². The molecule has 0 radical (unpaired) electrons. The first kappa shape index (κ1) is 32.6. The van der Waals surface area contributed by atoms with Crippen molar-refractivity contribution in [3.63, 3.8) is 0 Å². The molecule has 0 saturated carbocycles. The van der Waals surface area contributed by atoms with Gasteiger partial charge in [-0.15, -0.1) is 0 Å². The number of ether oxygens (including phenoxy) is 1. The van der Waals surface area contributed by atoms with Gasteiger partial charge in [0.05, 0.1) is 12.7 Å². The molecule has 0 spiro atoms. The third kappa shape index (κ3) is 9.70. The van der Waals surface area contributed by atoms with Gasteiger partial charge in [-0.1, -0.05) is 84.9 Å². The highest BCUT2D eigenvalue weighted by Crippen LogP contribution is 2.34. The maximum atomic E-state index is 13.0. The van der Waals surface area contributed by atoms with Gasteiger partial charge in [0.1, 0.15) is 0 Å². The normalized spacial score (nSPS) is 12.5. The topological polar surface area (TPSA) is 79.5 Å². The fraction of sp³-hybridized carbons (Fsp3) is 0.400. The van der Waals surface area contributed by atoms with Crippen LogP contribution in [-0.2, 0) is 19.7 Å². The number of likely N-dealkylation sites (N-methyl/N-ethyl adjacent to an activating group) is 1. The van der Waals surface area contributed by atoms with Gasteiger partial charge in [-0.2, -0.15) is 0 Å². The highest BCUT2D eigenvalue weighted by Gasteiger charge is 2.23. The summed E-state index contributed by atoms with van der Waals surface area (Å²) in [7, 11) is 3.27. The standard InChI is InChI=1S/C24H29N3O.C2H4O2.2C2H6/c1-5-8-19-20-9-6-7-10-22(20)26-15-21(19)23(28)27-18-13-11-17(12-14-18)24(2,3)16-25-4;1-4-2-3;2*1-2/h6-15,25-26H,5,16H2,1-4H3,(H,27,28);2H,1H3;2*1-2H3/b19-8+;;;. The van der Waals surface area contributed by atoms with Gasteiger partial charge in [-0.25, -0.2) is 0 Å². The van der Waals surface area contributed by atoms with E-state index < -0.39 is 0 Å². The average molecular weight is 496 g/mol. The molecule has 0 fully saturated rings. The molecule has 3 rings (SSSR count). The molecule has 0 aromatic heterocycles. The minimum absolute atomic E-state index is 0.0356. The fourth-order valence-corrected chi connectivity index (χ4v) is 3.58. The zero-order chi connectivity index (χ0) is 27.6. The molecule has 2 aromatic carbocycles. The van der Waals surface area contributed by atoms with Crippen LogP contribution in [0, 0.1) is 0 Å². The van der Waals surface area contributed by atoms with Crippen molar-refractivity contribution in [1.82, 2.24) is 5.32 Å². The van der Waals surface area contributed by atoms with Crippen LogP contribution >= 0.6 is 0 Å². The number of amides is 1. The Bertz CT molecular complexity index is 977. The number of carbonyl (C=O) groups excluding carboxylic acids is 2. The quantitative estimate of drug-likeness (QED) is 0.370. The molecular formula is C30H45N3O3. The zero-order valence-corrected chi connectivity index (χ0v) is 23.5. The number of hydrogen-bond donors (Lipinski definition) is 3. The van der Waals surface area contributed by atoms with Gasteiger partial charge in [0, 0.05) is 35.1 Å². The Kier molecular flexibility index (Phi) is 16.3. The molecule has 6 nitrogen and oxygen atoms in total. The molecule has 198 valence electrons. The van der Waals surface area contributed by atoms with E-state index in [4.69, 9.17) is 4.79 Å². The summed E-state index contributed by atoms with van der Waals surface area (Å²) < 4.78 is 3.86. The molecule has 0 saturated heterocycles. The lowest BCUT2D eigenvalue weighted by Gasteiger charge is -2.25. The van der Waals surface area contributed by atoms with Gasteiger partial charge in [0.25, 0.3) is 12.4 Å². The zero-order valence-electron chi connectivity index (χ0n) is 23.5. The summed E-state index contributed by atoms with van der Waals surface area (Å²) in [6.45, 7) is 15.8. The maximum Gasteiger partial charge on any atom is 0.292 e. The predicted molar refractivity (Wildman–Crippen MR) is 154 cm³/mol. The monoisotopic (exact) mass is 495 g/mol. The minimum Gasteiger partial charge on any atom is -0.471 e. The summed E-state index contributed by atoms with van der Waals surface area (Å²) in [5.41, 5.74) is 5.77. The van der Waals surface area contributed by atoms with E-state index >= 15 is 0 Å². The number of carbonyl (C=O) groups is 2. The Morgan fingerprint density at radius 2 is 1.61 bits per heavy atom. The van der Waals surface area contributed by atoms with Crippen LogP contribution < -0.4 is 16.0 Å². The first-order valence-corrected chi connectivity index (χ1v) is 12.7. The molecule has 1 heterocycles. The van der Waals surface area contributed by atoms with Crippen LogP contribution in [0.15, 0.2) is 66.4 Å². The third-order valence-corrected chi connectivity index (χ3v) is 5.17. The van der Waals surface area contributed by atoms with Gasteiger partial charge >= 0.3 is 0 Å². The molecule has 0 bridgehead atoms. The van der Waals surface area contributed by atoms with Crippen molar-refractivity contribution in [2.45, 2.75) is 60.3 Å². The fourth-order valence-electron chi connectivity index (χ4n) is 3.58. The van der Waals surface area contributed by atoms with E-state index in [-0.39, 0.29) is 11.3 Å². The first-order chi connectivity index (χ1) is 17.4. The largest absolute Gasteiger partial charge is 0.471 e. The molecule has 0 aliphatic carbocycles. The second-order valence-electron chi connectivity index (χ2n) is 8.05. The number of nitrogens with one attached hydrogen (secondary N) is 3. The van der Waals surface area contributed by atoms with Crippen LogP contribution in [0.1, 0.15) is 66.0 Å². The van der Waals surface area contributed by atoms with Crippen molar-refractivity contribution in [2.75, 3.05) is 31.3 Å². The summed E-state index contributed by atoms with van der Waals surface area (Å²) >= 11 is 0. The number of methoxy groups -OCH3 is 1. The summed E-state index contributed by atoms with van der Waals surface area (Å²) in [5, 5.41) is 9.51. The molecule has 1 aliphatic rings. The first-order valence-electron chi connectivity index (χ1n) is 12.7. The molecule has 2 aromatic rings. The van der Waals surface area contributed by atoms with Gasteiger partial charge in [-0.05, 0) is 42.8 Å². The number of anilines is 2. The lowest BCUT2D eigenvalue weighted by molar-refractivity contribution is -0.126. The van der Waals surface area contributed by atoms with Crippen molar-refractivity contribution in [1.29, 1.82) is 0 Å². The Morgan fingerprint density at radius 1 is 1.03 bits per heavy atom. The van der Waals surface area contributed by atoms with E-state index in [0.717, 1.165) is 35.5 Å².